The van der Waals surface area contributed by atoms with Gasteiger partial charge in [0.25, 0.3) is 0 Å². The second-order valence-electron chi connectivity index (χ2n) is 5.23. The van der Waals surface area contributed by atoms with Gasteiger partial charge in [-0.1, -0.05) is 0 Å². The molecule has 1 atom stereocenters. The predicted molar refractivity (Wildman–Crippen MR) is 83.4 cm³/mol. The Morgan fingerprint density at radius 2 is 2.38 bits per heavy atom. The number of nitrogens with one attached hydrogen (secondary N) is 1. The minimum Gasteiger partial charge on any atom is -0.376 e. The molecule has 6 heteroatoms. The highest BCUT2D eigenvalue weighted by molar-refractivity contribution is 5.79. The van der Waals surface area contributed by atoms with Crippen LogP contribution < -0.4 is 5.32 Å². The molecule has 1 aliphatic rings. The van der Waals surface area contributed by atoms with Crippen LogP contribution in [0.5, 0.6) is 0 Å². The van der Waals surface area contributed by atoms with Crippen molar-refractivity contribution >= 4 is 5.96 Å². The number of nitrogens with zero attached hydrogens (tertiary/aromatic N) is 3. The highest BCUT2D eigenvalue weighted by Crippen LogP contribution is 2.05. The molecular weight excluding hydrogens is 268 g/mol. The third kappa shape index (κ3) is 4.75. The standard InChI is InChI=1S/C15H26N4O2/c1-4-16-15(17-10-14-12-20-8-9-21-14)19(3)11-13-6-5-7-18(13)2/h5-7,14H,4,8-12H2,1-3H3,(H,16,17). The van der Waals surface area contributed by atoms with Crippen LogP contribution in [0.1, 0.15) is 12.6 Å². The van der Waals surface area contributed by atoms with E-state index in [2.05, 4.69) is 52.1 Å². The van der Waals surface area contributed by atoms with E-state index in [-0.39, 0.29) is 6.10 Å². The maximum absolute atomic E-state index is 5.63. The maximum Gasteiger partial charge on any atom is 0.194 e. The molecule has 0 radical (unpaired) electrons. The summed E-state index contributed by atoms with van der Waals surface area (Å²) in [5.41, 5.74) is 1.25. The topological polar surface area (TPSA) is 51.0 Å². The molecule has 1 fully saturated rings. The Bertz CT molecular complexity index is 452. The number of guanidine groups is 1. The van der Waals surface area contributed by atoms with Gasteiger partial charge in [0.2, 0.25) is 0 Å². The third-order valence-electron chi connectivity index (χ3n) is 3.48. The molecule has 1 saturated heterocycles. The van der Waals surface area contributed by atoms with Gasteiger partial charge in [0.15, 0.2) is 5.96 Å². The molecule has 2 rings (SSSR count). The fourth-order valence-electron chi connectivity index (χ4n) is 2.28. The minimum atomic E-state index is 0.0656. The van der Waals surface area contributed by atoms with Gasteiger partial charge in [0.05, 0.1) is 32.9 Å². The number of hydrogen-bond acceptors (Lipinski definition) is 3. The van der Waals surface area contributed by atoms with E-state index in [0.717, 1.165) is 19.0 Å². The molecule has 21 heavy (non-hydrogen) atoms. The van der Waals surface area contributed by atoms with Gasteiger partial charge in [0.1, 0.15) is 6.10 Å². The van der Waals surface area contributed by atoms with Gasteiger partial charge in [-0.2, -0.15) is 0 Å². The first-order valence-electron chi connectivity index (χ1n) is 7.49. The monoisotopic (exact) mass is 294 g/mol. The Morgan fingerprint density at radius 1 is 1.52 bits per heavy atom. The average Bonchev–Trinajstić information content (AvgIpc) is 2.89. The maximum atomic E-state index is 5.63. The first kappa shape index (κ1) is 15.9. The summed E-state index contributed by atoms with van der Waals surface area (Å²) in [6.45, 7) is 6.34. The van der Waals surface area contributed by atoms with Crippen LogP contribution >= 0.6 is 0 Å². The van der Waals surface area contributed by atoms with Gasteiger partial charge < -0.3 is 24.3 Å². The Labute approximate surface area is 126 Å². The third-order valence-corrected chi connectivity index (χ3v) is 3.48. The van der Waals surface area contributed by atoms with Crippen molar-refractivity contribution in [1.82, 2.24) is 14.8 Å². The van der Waals surface area contributed by atoms with Gasteiger partial charge in [-0.15, -0.1) is 0 Å². The molecule has 118 valence electrons. The van der Waals surface area contributed by atoms with E-state index >= 15 is 0 Å². The second kappa shape index (κ2) is 8.05. The van der Waals surface area contributed by atoms with Gasteiger partial charge in [-0.25, -0.2) is 0 Å². The fraction of sp³-hybridized carbons (Fsp3) is 0.667. The van der Waals surface area contributed by atoms with Crippen LogP contribution in [0.4, 0.5) is 0 Å². The van der Waals surface area contributed by atoms with Crippen LogP contribution in [-0.4, -0.2) is 61.5 Å². The quantitative estimate of drug-likeness (QED) is 0.646. The number of ether oxygens (including phenoxy) is 2. The lowest BCUT2D eigenvalue weighted by atomic mass is 10.3. The van der Waals surface area contributed by atoms with Crippen molar-refractivity contribution in [3.63, 3.8) is 0 Å². The molecule has 0 spiro atoms. The SMILES string of the molecule is CCNC(=NCC1COCCO1)N(C)Cc1cccn1C. The number of aryl methyl sites for hydroxylation is 1. The molecule has 1 aliphatic heterocycles. The molecule has 2 heterocycles. The van der Waals surface area contributed by atoms with E-state index in [9.17, 15) is 0 Å². The second-order valence-corrected chi connectivity index (χ2v) is 5.23. The highest BCUT2D eigenvalue weighted by atomic mass is 16.6. The first-order chi connectivity index (χ1) is 10.2. The minimum absolute atomic E-state index is 0.0656. The van der Waals surface area contributed by atoms with Crippen molar-refractivity contribution in [2.75, 3.05) is 40.0 Å². The smallest absolute Gasteiger partial charge is 0.194 e. The zero-order valence-electron chi connectivity index (χ0n) is 13.2. The summed E-state index contributed by atoms with van der Waals surface area (Å²) in [5, 5.41) is 3.32. The molecule has 1 unspecified atom stereocenters. The van der Waals surface area contributed by atoms with Crippen molar-refractivity contribution in [3.8, 4) is 0 Å². The van der Waals surface area contributed by atoms with Crippen LogP contribution in [0.25, 0.3) is 0 Å². The molecule has 1 N–H and O–H groups in total. The van der Waals surface area contributed by atoms with Crippen molar-refractivity contribution in [2.45, 2.75) is 19.6 Å². The predicted octanol–water partition coefficient (Wildman–Crippen LogP) is 0.838. The van der Waals surface area contributed by atoms with E-state index in [0.29, 0.717) is 26.4 Å². The van der Waals surface area contributed by atoms with Crippen LogP contribution in [0.3, 0.4) is 0 Å². The van der Waals surface area contributed by atoms with Crippen molar-refractivity contribution in [3.05, 3.63) is 24.0 Å². The summed E-state index contributed by atoms with van der Waals surface area (Å²) < 4.78 is 13.2. The Hall–Kier alpha value is -1.53. The van der Waals surface area contributed by atoms with Gasteiger partial charge >= 0.3 is 0 Å². The Balaban J connectivity index is 1.94. The van der Waals surface area contributed by atoms with Crippen LogP contribution in [0, 0.1) is 0 Å². The fourth-order valence-corrected chi connectivity index (χ4v) is 2.28. The Kier molecular flexibility index (Phi) is 6.07. The normalized spacial score (nSPS) is 19.6. The average molecular weight is 294 g/mol. The summed E-state index contributed by atoms with van der Waals surface area (Å²) in [4.78, 5) is 6.79. The molecule has 0 aromatic carbocycles. The van der Waals surface area contributed by atoms with E-state index in [4.69, 9.17) is 9.47 Å². The summed E-state index contributed by atoms with van der Waals surface area (Å²) >= 11 is 0. The molecule has 6 nitrogen and oxygen atoms in total. The summed E-state index contributed by atoms with van der Waals surface area (Å²) in [6.07, 6.45) is 2.12. The largest absolute Gasteiger partial charge is 0.376 e. The van der Waals surface area contributed by atoms with E-state index < -0.39 is 0 Å². The van der Waals surface area contributed by atoms with Gasteiger partial charge in [-0.05, 0) is 19.1 Å². The zero-order valence-corrected chi connectivity index (χ0v) is 13.2. The van der Waals surface area contributed by atoms with Crippen LogP contribution in [0.2, 0.25) is 0 Å². The van der Waals surface area contributed by atoms with E-state index in [1.54, 1.807) is 0 Å². The summed E-state index contributed by atoms with van der Waals surface area (Å²) in [5.74, 6) is 0.896. The summed E-state index contributed by atoms with van der Waals surface area (Å²) in [6, 6.07) is 4.18. The van der Waals surface area contributed by atoms with Crippen LogP contribution in [0.15, 0.2) is 23.3 Å². The molecule has 0 saturated carbocycles. The van der Waals surface area contributed by atoms with E-state index in [1.165, 1.54) is 5.69 Å². The van der Waals surface area contributed by atoms with Crippen molar-refractivity contribution in [2.24, 2.45) is 12.0 Å². The Morgan fingerprint density at radius 3 is 3.00 bits per heavy atom. The van der Waals surface area contributed by atoms with Crippen molar-refractivity contribution < 1.29 is 9.47 Å². The lowest BCUT2D eigenvalue weighted by Gasteiger charge is -2.25. The van der Waals surface area contributed by atoms with Crippen LogP contribution in [-0.2, 0) is 23.1 Å². The number of rotatable bonds is 5. The van der Waals surface area contributed by atoms with Crippen molar-refractivity contribution in [1.29, 1.82) is 0 Å². The molecule has 0 bridgehead atoms. The molecule has 0 amide bonds. The molecular formula is C15H26N4O2. The molecule has 0 aliphatic carbocycles. The lowest BCUT2D eigenvalue weighted by molar-refractivity contribution is -0.0833. The van der Waals surface area contributed by atoms with E-state index in [1.807, 2.05) is 7.05 Å². The molecule has 1 aromatic heterocycles. The number of aliphatic imine (C=N–C) groups is 1. The summed E-state index contributed by atoms with van der Waals surface area (Å²) in [7, 11) is 4.10. The lowest BCUT2D eigenvalue weighted by Crippen LogP contribution is -2.40. The number of aromatic nitrogens is 1. The van der Waals surface area contributed by atoms with Gasteiger partial charge in [0, 0.05) is 32.5 Å². The zero-order chi connectivity index (χ0) is 15.1. The number of hydrogen-bond donors (Lipinski definition) is 1. The first-order valence-corrected chi connectivity index (χ1v) is 7.49. The van der Waals surface area contributed by atoms with Gasteiger partial charge in [-0.3, -0.25) is 4.99 Å². The highest BCUT2D eigenvalue weighted by Gasteiger charge is 2.15. The molecule has 1 aromatic rings.